The van der Waals surface area contributed by atoms with Gasteiger partial charge in [-0.3, -0.25) is 0 Å². The summed E-state index contributed by atoms with van der Waals surface area (Å²) in [6, 6.07) is 16.4. The number of carbonyl (C=O) groups excluding carboxylic acids is 2. The van der Waals surface area contributed by atoms with Crippen molar-refractivity contribution in [1.82, 2.24) is 10.3 Å². The second kappa shape index (κ2) is 9.45. The number of hydrogen-bond donors (Lipinski definition) is 1. The van der Waals surface area contributed by atoms with E-state index in [0.717, 1.165) is 11.1 Å². The lowest BCUT2D eigenvalue weighted by atomic mass is 9.98. The highest BCUT2D eigenvalue weighted by molar-refractivity contribution is 7.10. The Morgan fingerprint density at radius 3 is 2.42 bits per heavy atom. The van der Waals surface area contributed by atoms with Gasteiger partial charge in [0.2, 0.25) is 0 Å². The number of thiazole rings is 1. The maximum absolute atomic E-state index is 12.2. The van der Waals surface area contributed by atoms with Crippen LogP contribution < -0.4 is 5.32 Å². The molecule has 1 aliphatic rings. The van der Waals surface area contributed by atoms with Crippen LogP contribution in [0.15, 0.2) is 54.0 Å². The van der Waals surface area contributed by atoms with Crippen molar-refractivity contribution in [3.8, 4) is 23.0 Å². The SMILES string of the molecule is CCOC(=O)c1ncsc1C#CCNC(=O)OCC1c2ccccc2-c2ccccc21. The van der Waals surface area contributed by atoms with Gasteiger partial charge in [0.1, 0.15) is 11.5 Å². The molecule has 0 spiro atoms. The first kappa shape index (κ1) is 20.6. The molecule has 6 nitrogen and oxygen atoms in total. The standard InChI is InChI=1S/C24H20N2O4S/c1-2-29-23(27)22-21(31-15-26-22)12-7-13-25-24(28)30-14-20-18-10-5-3-8-16(18)17-9-4-6-11-19(17)20/h3-6,8-11,15,20H,2,13-14H2,1H3,(H,25,28). The number of nitrogens with one attached hydrogen (secondary N) is 1. The highest BCUT2D eigenvalue weighted by Crippen LogP contribution is 2.44. The van der Waals surface area contributed by atoms with Gasteiger partial charge in [0, 0.05) is 5.92 Å². The van der Waals surface area contributed by atoms with Crippen molar-refractivity contribution in [2.75, 3.05) is 19.8 Å². The zero-order chi connectivity index (χ0) is 21.6. The number of aromatic nitrogens is 1. The van der Waals surface area contributed by atoms with Crippen molar-refractivity contribution < 1.29 is 19.1 Å². The van der Waals surface area contributed by atoms with Gasteiger partial charge in [-0.05, 0) is 29.2 Å². The minimum absolute atomic E-state index is 0.00793. The number of benzene rings is 2. The summed E-state index contributed by atoms with van der Waals surface area (Å²) in [4.78, 5) is 28.5. The van der Waals surface area contributed by atoms with Gasteiger partial charge in [-0.1, -0.05) is 60.4 Å². The van der Waals surface area contributed by atoms with E-state index in [0.29, 0.717) is 4.88 Å². The Kier molecular flexibility index (Phi) is 6.29. The van der Waals surface area contributed by atoms with Crippen molar-refractivity contribution in [2.24, 2.45) is 0 Å². The molecule has 0 saturated carbocycles. The normalized spacial score (nSPS) is 11.6. The Bertz CT molecular complexity index is 1130. The number of ether oxygens (including phenoxy) is 2. The molecule has 2 aromatic carbocycles. The average molecular weight is 433 g/mol. The Labute approximate surface area is 184 Å². The van der Waals surface area contributed by atoms with E-state index in [2.05, 4.69) is 46.4 Å². The van der Waals surface area contributed by atoms with Crippen LogP contribution >= 0.6 is 11.3 Å². The second-order valence-electron chi connectivity index (χ2n) is 6.73. The van der Waals surface area contributed by atoms with Gasteiger partial charge < -0.3 is 14.8 Å². The molecule has 0 unspecified atom stereocenters. The minimum Gasteiger partial charge on any atom is -0.461 e. The summed E-state index contributed by atoms with van der Waals surface area (Å²) in [6.45, 7) is 2.34. The van der Waals surface area contributed by atoms with Gasteiger partial charge in [0.25, 0.3) is 0 Å². The van der Waals surface area contributed by atoms with Gasteiger partial charge in [0.05, 0.1) is 18.7 Å². The lowest BCUT2D eigenvalue weighted by Gasteiger charge is -2.14. The summed E-state index contributed by atoms with van der Waals surface area (Å²) in [7, 11) is 0. The van der Waals surface area contributed by atoms with Crippen LogP contribution in [-0.2, 0) is 9.47 Å². The van der Waals surface area contributed by atoms with E-state index in [1.165, 1.54) is 28.0 Å². The number of amides is 1. The third-order valence-corrected chi connectivity index (χ3v) is 5.64. The number of esters is 1. The Balaban J connectivity index is 1.33. The van der Waals surface area contributed by atoms with Crippen molar-refractivity contribution in [2.45, 2.75) is 12.8 Å². The van der Waals surface area contributed by atoms with Crippen LogP contribution in [0.2, 0.25) is 0 Å². The number of fused-ring (bicyclic) bond motifs is 3. The molecule has 156 valence electrons. The highest BCUT2D eigenvalue weighted by Gasteiger charge is 2.28. The predicted molar refractivity (Wildman–Crippen MR) is 118 cm³/mol. The zero-order valence-corrected chi connectivity index (χ0v) is 17.7. The molecule has 1 heterocycles. The minimum atomic E-state index is -0.536. The Morgan fingerprint density at radius 1 is 1.06 bits per heavy atom. The molecule has 1 N–H and O–H groups in total. The fraction of sp³-hybridized carbons (Fsp3) is 0.208. The summed E-state index contributed by atoms with van der Waals surface area (Å²) < 4.78 is 10.4. The topological polar surface area (TPSA) is 77.5 Å². The van der Waals surface area contributed by atoms with Crippen LogP contribution in [0.1, 0.15) is 39.3 Å². The van der Waals surface area contributed by atoms with E-state index in [-0.39, 0.29) is 31.4 Å². The molecule has 7 heteroatoms. The Morgan fingerprint density at radius 2 is 1.74 bits per heavy atom. The quantitative estimate of drug-likeness (QED) is 0.483. The summed E-state index contributed by atoms with van der Waals surface area (Å²) in [5.41, 5.74) is 6.41. The van der Waals surface area contributed by atoms with Gasteiger partial charge in [-0.2, -0.15) is 0 Å². The predicted octanol–water partition coefficient (Wildman–Crippen LogP) is 4.21. The summed E-state index contributed by atoms with van der Waals surface area (Å²) in [5.74, 6) is 5.17. The number of alkyl carbamates (subject to hydrolysis) is 1. The lowest BCUT2D eigenvalue weighted by molar-refractivity contribution is 0.0520. The van der Waals surface area contributed by atoms with Crippen LogP contribution in [0.4, 0.5) is 4.79 Å². The first-order valence-corrected chi connectivity index (χ1v) is 10.7. The van der Waals surface area contributed by atoms with Gasteiger partial charge in [-0.25, -0.2) is 14.6 Å². The van der Waals surface area contributed by atoms with Crippen LogP contribution in [0.5, 0.6) is 0 Å². The van der Waals surface area contributed by atoms with Crippen molar-refractivity contribution >= 4 is 23.4 Å². The van der Waals surface area contributed by atoms with Crippen molar-refractivity contribution in [3.05, 3.63) is 75.7 Å². The monoisotopic (exact) mass is 432 g/mol. The summed E-state index contributed by atoms with van der Waals surface area (Å²) in [6.07, 6.45) is -0.536. The second-order valence-corrected chi connectivity index (χ2v) is 7.59. The van der Waals surface area contributed by atoms with Crippen LogP contribution in [0, 0.1) is 11.8 Å². The number of carbonyl (C=O) groups is 2. The molecule has 4 rings (SSSR count). The number of hydrogen-bond acceptors (Lipinski definition) is 6. The van der Waals surface area contributed by atoms with Gasteiger partial charge in [0.15, 0.2) is 5.69 Å². The third kappa shape index (κ3) is 4.44. The first-order valence-electron chi connectivity index (χ1n) is 9.87. The van der Waals surface area contributed by atoms with E-state index in [1.54, 1.807) is 6.92 Å². The third-order valence-electron chi connectivity index (χ3n) is 4.90. The summed E-state index contributed by atoms with van der Waals surface area (Å²) in [5, 5.41) is 2.62. The molecule has 31 heavy (non-hydrogen) atoms. The van der Waals surface area contributed by atoms with Gasteiger partial charge in [-0.15, -0.1) is 11.3 Å². The maximum Gasteiger partial charge on any atom is 0.407 e. The smallest absolute Gasteiger partial charge is 0.407 e. The van der Waals surface area contributed by atoms with Crippen LogP contribution in [0.25, 0.3) is 11.1 Å². The first-order chi connectivity index (χ1) is 15.2. The van der Waals surface area contributed by atoms with Gasteiger partial charge >= 0.3 is 12.1 Å². The molecule has 1 amide bonds. The van der Waals surface area contributed by atoms with Crippen LogP contribution in [-0.4, -0.2) is 36.8 Å². The molecule has 0 saturated heterocycles. The van der Waals surface area contributed by atoms with E-state index in [1.807, 2.05) is 24.3 Å². The molecular formula is C24H20N2O4S. The lowest BCUT2D eigenvalue weighted by Crippen LogP contribution is -2.26. The molecule has 0 atom stereocenters. The fourth-order valence-corrected chi connectivity index (χ4v) is 4.21. The molecule has 1 aliphatic carbocycles. The average Bonchev–Trinajstić information content (AvgIpc) is 3.38. The molecule has 0 bridgehead atoms. The largest absolute Gasteiger partial charge is 0.461 e. The Hall–Kier alpha value is -3.63. The van der Waals surface area contributed by atoms with E-state index < -0.39 is 12.1 Å². The molecular weight excluding hydrogens is 412 g/mol. The molecule has 0 aliphatic heterocycles. The molecule has 3 aromatic rings. The summed E-state index contributed by atoms with van der Waals surface area (Å²) >= 11 is 1.25. The number of nitrogens with zero attached hydrogens (tertiary/aromatic N) is 1. The van der Waals surface area contributed by atoms with Crippen LogP contribution in [0.3, 0.4) is 0 Å². The molecule has 1 aromatic heterocycles. The van der Waals surface area contributed by atoms with Crippen molar-refractivity contribution in [1.29, 1.82) is 0 Å². The van der Waals surface area contributed by atoms with E-state index >= 15 is 0 Å². The highest BCUT2D eigenvalue weighted by atomic mass is 32.1. The molecule has 0 radical (unpaired) electrons. The fourth-order valence-electron chi connectivity index (χ4n) is 3.57. The van der Waals surface area contributed by atoms with Crippen molar-refractivity contribution in [3.63, 3.8) is 0 Å². The maximum atomic E-state index is 12.2. The number of rotatable bonds is 5. The molecule has 0 fully saturated rings. The zero-order valence-electron chi connectivity index (χ0n) is 16.9. The van der Waals surface area contributed by atoms with E-state index in [4.69, 9.17) is 9.47 Å². The van der Waals surface area contributed by atoms with E-state index in [9.17, 15) is 9.59 Å².